The lowest BCUT2D eigenvalue weighted by atomic mass is 10.1. The van der Waals surface area contributed by atoms with Crippen LogP contribution in [0.4, 0.5) is 0 Å². The second-order valence-electron chi connectivity index (χ2n) is 4.43. The molecule has 1 aliphatic heterocycles. The van der Waals surface area contributed by atoms with Crippen LogP contribution in [-0.2, 0) is 16.0 Å². The highest BCUT2D eigenvalue weighted by molar-refractivity contribution is 6.01. The van der Waals surface area contributed by atoms with E-state index in [0.29, 0.717) is 6.42 Å². The van der Waals surface area contributed by atoms with Crippen LogP contribution in [0.15, 0.2) is 30.3 Å². The molecule has 0 spiro atoms. The van der Waals surface area contributed by atoms with Crippen molar-refractivity contribution in [3.63, 3.8) is 0 Å². The van der Waals surface area contributed by atoms with Gasteiger partial charge in [0, 0.05) is 17.6 Å². The number of benzene rings is 1. The molecule has 1 aromatic carbocycles. The van der Waals surface area contributed by atoms with Crippen molar-refractivity contribution in [1.29, 1.82) is 0 Å². The molecule has 18 heavy (non-hydrogen) atoms. The summed E-state index contributed by atoms with van der Waals surface area (Å²) in [6.07, 6.45) is 0.549. The highest BCUT2D eigenvalue weighted by atomic mass is 16.2. The number of piperazine rings is 1. The van der Waals surface area contributed by atoms with Gasteiger partial charge in [-0.1, -0.05) is 18.2 Å². The van der Waals surface area contributed by atoms with Crippen molar-refractivity contribution in [3.05, 3.63) is 36.0 Å². The minimum Gasteiger partial charge on any atom is -0.358 e. The zero-order valence-electron chi connectivity index (χ0n) is 9.69. The van der Waals surface area contributed by atoms with Crippen molar-refractivity contribution >= 4 is 22.7 Å². The van der Waals surface area contributed by atoms with E-state index in [1.54, 1.807) is 0 Å². The Bertz CT molecular complexity index is 584. The lowest BCUT2D eigenvalue weighted by Gasteiger charge is -2.21. The maximum atomic E-state index is 11.6. The number of amides is 2. The molecule has 0 saturated carbocycles. The van der Waals surface area contributed by atoms with Gasteiger partial charge < -0.3 is 4.98 Å². The van der Waals surface area contributed by atoms with Gasteiger partial charge in [-0.15, -0.1) is 0 Å². The lowest BCUT2D eigenvalue weighted by molar-refractivity contribution is -0.134. The van der Waals surface area contributed by atoms with Crippen molar-refractivity contribution in [2.24, 2.45) is 0 Å². The third-order valence-corrected chi connectivity index (χ3v) is 3.10. The Balaban J connectivity index is 1.79. The first kappa shape index (κ1) is 11.0. The van der Waals surface area contributed by atoms with Crippen LogP contribution in [0.2, 0.25) is 0 Å². The van der Waals surface area contributed by atoms with Crippen molar-refractivity contribution in [2.45, 2.75) is 12.5 Å². The topological polar surface area (TPSA) is 74.0 Å². The largest absolute Gasteiger partial charge is 0.358 e. The van der Waals surface area contributed by atoms with E-state index in [-0.39, 0.29) is 24.4 Å². The molecule has 1 aliphatic rings. The zero-order chi connectivity index (χ0) is 12.5. The average Bonchev–Trinajstić information content (AvgIpc) is 2.75. The lowest BCUT2D eigenvalue weighted by Crippen LogP contribution is -2.56. The number of aromatic nitrogens is 1. The van der Waals surface area contributed by atoms with Crippen molar-refractivity contribution < 1.29 is 9.59 Å². The number of carbonyl (C=O) groups is 2. The van der Waals surface area contributed by atoms with E-state index in [4.69, 9.17) is 0 Å². The van der Waals surface area contributed by atoms with Crippen molar-refractivity contribution in [1.82, 2.24) is 15.6 Å². The fraction of sp³-hybridized carbons (Fsp3) is 0.231. The second kappa shape index (κ2) is 4.27. The number of rotatable bonds is 2. The fourth-order valence-corrected chi connectivity index (χ4v) is 2.21. The number of H-pyrrole nitrogens is 1. The second-order valence-corrected chi connectivity index (χ2v) is 4.43. The normalized spacial score (nSPS) is 20.1. The Kier molecular flexibility index (Phi) is 2.60. The molecule has 3 N–H and O–H groups in total. The van der Waals surface area contributed by atoms with Gasteiger partial charge >= 0.3 is 0 Å². The molecule has 2 heterocycles. The van der Waals surface area contributed by atoms with Gasteiger partial charge in [-0.3, -0.25) is 20.2 Å². The van der Waals surface area contributed by atoms with Crippen LogP contribution in [0.3, 0.4) is 0 Å². The zero-order valence-corrected chi connectivity index (χ0v) is 9.69. The molecule has 0 aliphatic carbocycles. The summed E-state index contributed by atoms with van der Waals surface area (Å²) in [4.78, 5) is 25.9. The van der Waals surface area contributed by atoms with Gasteiger partial charge in [-0.2, -0.15) is 0 Å². The van der Waals surface area contributed by atoms with Crippen molar-refractivity contribution in [2.75, 3.05) is 6.54 Å². The molecular formula is C13H13N3O2. The first-order chi connectivity index (χ1) is 8.72. The Morgan fingerprint density at radius 2 is 2.06 bits per heavy atom. The third-order valence-electron chi connectivity index (χ3n) is 3.10. The number of aromatic amines is 1. The van der Waals surface area contributed by atoms with Crippen LogP contribution < -0.4 is 10.6 Å². The summed E-state index contributed by atoms with van der Waals surface area (Å²) >= 11 is 0. The molecule has 0 bridgehead atoms. The summed E-state index contributed by atoms with van der Waals surface area (Å²) in [5.74, 6) is -0.530. The van der Waals surface area contributed by atoms with Crippen LogP contribution in [0.25, 0.3) is 10.9 Å². The summed E-state index contributed by atoms with van der Waals surface area (Å²) < 4.78 is 0. The Hall–Kier alpha value is -2.14. The van der Waals surface area contributed by atoms with Crippen LogP contribution in [0.5, 0.6) is 0 Å². The molecule has 3 rings (SSSR count). The number of hydrogen-bond acceptors (Lipinski definition) is 3. The minimum atomic E-state index is -0.351. The first-order valence-electron chi connectivity index (χ1n) is 5.86. The number of hydrogen-bond donors (Lipinski definition) is 3. The van der Waals surface area contributed by atoms with Crippen LogP contribution in [-0.4, -0.2) is 29.4 Å². The highest BCUT2D eigenvalue weighted by Crippen LogP contribution is 2.16. The van der Waals surface area contributed by atoms with E-state index in [1.807, 2.05) is 30.3 Å². The summed E-state index contributed by atoms with van der Waals surface area (Å²) in [6.45, 7) is 0.191. The molecule has 0 radical (unpaired) electrons. The number of para-hydroxylation sites is 1. The molecule has 1 atom stereocenters. The summed E-state index contributed by atoms with van der Waals surface area (Å²) in [7, 11) is 0. The maximum Gasteiger partial charge on any atom is 0.244 e. The predicted molar refractivity (Wildman–Crippen MR) is 66.9 cm³/mol. The average molecular weight is 243 g/mol. The summed E-state index contributed by atoms with van der Waals surface area (Å²) in [5, 5.41) is 6.38. The molecule has 1 saturated heterocycles. The Morgan fingerprint density at radius 3 is 2.83 bits per heavy atom. The maximum absolute atomic E-state index is 11.6. The van der Waals surface area contributed by atoms with Gasteiger partial charge in [0.25, 0.3) is 0 Å². The molecule has 92 valence electrons. The molecular weight excluding hydrogens is 230 g/mol. The van der Waals surface area contributed by atoms with Gasteiger partial charge in [0.15, 0.2) is 0 Å². The van der Waals surface area contributed by atoms with Crippen LogP contribution in [0, 0.1) is 0 Å². The SMILES string of the molecule is O=C1CN[C@H](Cc2cc3ccccc3[nH]2)C(=O)N1. The molecule has 2 amide bonds. The van der Waals surface area contributed by atoms with E-state index in [2.05, 4.69) is 15.6 Å². The van der Waals surface area contributed by atoms with E-state index in [1.165, 1.54) is 0 Å². The monoisotopic (exact) mass is 243 g/mol. The minimum absolute atomic E-state index is 0.191. The number of fused-ring (bicyclic) bond motifs is 1. The van der Waals surface area contributed by atoms with Gasteiger partial charge in [-0.25, -0.2) is 0 Å². The quantitative estimate of drug-likeness (QED) is 0.665. The van der Waals surface area contributed by atoms with Crippen LogP contribution in [0.1, 0.15) is 5.69 Å². The molecule has 0 unspecified atom stereocenters. The predicted octanol–water partition coefficient (Wildman–Crippen LogP) is 0.325. The van der Waals surface area contributed by atoms with Gasteiger partial charge in [0.2, 0.25) is 11.8 Å². The molecule has 2 aromatic rings. The van der Waals surface area contributed by atoms with Gasteiger partial charge in [0.1, 0.15) is 0 Å². The van der Waals surface area contributed by atoms with E-state index >= 15 is 0 Å². The van der Waals surface area contributed by atoms with Crippen LogP contribution >= 0.6 is 0 Å². The first-order valence-corrected chi connectivity index (χ1v) is 5.86. The smallest absolute Gasteiger partial charge is 0.244 e. The fourth-order valence-electron chi connectivity index (χ4n) is 2.21. The highest BCUT2D eigenvalue weighted by Gasteiger charge is 2.26. The molecule has 5 nitrogen and oxygen atoms in total. The Labute approximate surface area is 104 Å². The molecule has 5 heteroatoms. The van der Waals surface area contributed by atoms with Gasteiger partial charge in [-0.05, 0) is 17.5 Å². The number of carbonyl (C=O) groups excluding carboxylic acids is 2. The van der Waals surface area contributed by atoms with Crippen molar-refractivity contribution in [3.8, 4) is 0 Å². The van der Waals surface area contributed by atoms with E-state index in [0.717, 1.165) is 16.6 Å². The standard InChI is InChI=1S/C13H13N3O2/c17-12-7-14-11(13(18)16-12)6-9-5-8-3-1-2-4-10(8)15-9/h1-5,11,14-15H,6-7H2,(H,16,17,18)/t11-/m1/s1. The Morgan fingerprint density at radius 1 is 1.22 bits per heavy atom. The van der Waals surface area contributed by atoms with Gasteiger partial charge in [0.05, 0.1) is 12.6 Å². The number of nitrogens with one attached hydrogen (secondary N) is 3. The molecule has 1 aromatic heterocycles. The van der Waals surface area contributed by atoms with E-state index in [9.17, 15) is 9.59 Å². The van der Waals surface area contributed by atoms with E-state index < -0.39 is 0 Å². The number of imide groups is 1. The third kappa shape index (κ3) is 2.00. The summed E-state index contributed by atoms with van der Waals surface area (Å²) in [6, 6.07) is 9.64. The molecule has 1 fully saturated rings. The summed E-state index contributed by atoms with van der Waals surface area (Å²) in [5.41, 5.74) is 2.04.